The topological polar surface area (TPSA) is 78.8 Å². The summed E-state index contributed by atoms with van der Waals surface area (Å²) in [4.78, 5) is 16.9. The van der Waals surface area contributed by atoms with Gasteiger partial charge in [-0.2, -0.15) is 9.78 Å². The van der Waals surface area contributed by atoms with Gasteiger partial charge in [-0.25, -0.2) is 12.7 Å². The van der Waals surface area contributed by atoms with Crippen molar-refractivity contribution < 1.29 is 8.42 Å². The van der Waals surface area contributed by atoms with Crippen LogP contribution < -0.4 is 10.5 Å². The molecule has 158 valence electrons. The quantitative estimate of drug-likeness (QED) is 0.646. The lowest BCUT2D eigenvalue weighted by Crippen LogP contribution is -2.47. The van der Waals surface area contributed by atoms with E-state index in [0.717, 1.165) is 19.6 Å². The van der Waals surface area contributed by atoms with Crippen LogP contribution in [-0.4, -0.2) is 80.0 Å². The zero-order valence-electron chi connectivity index (χ0n) is 16.7. The lowest BCUT2D eigenvalue weighted by molar-refractivity contribution is 0.258. The summed E-state index contributed by atoms with van der Waals surface area (Å²) >= 11 is 6.38. The predicted molar refractivity (Wildman–Crippen MR) is 116 cm³/mol. The number of sulfonamides is 1. The monoisotopic (exact) mass is 439 g/mol. The van der Waals surface area contributed by atoms with Gasteiger partial charge in [-0.15, -0.1) is 0 Å². The molecular formula is C19H26ClN5O3S. The first kappa shape index (κ1) is 21.8. The molecule has 1 aliphatic heterocycles. The van der Waals surface area contributed by atoms with Crippen LogP contribution in [0.3, 0.4) is 0 Å². The van der Waals surface area contributed by atoms with Crippen LogP contribution in [0, 0.1) is 0 Å². The van der Waals surface area contributed by atoms with Gasteiger partial charge in [0, 0.05) is 40.3 Å². The van der Waals surface area contributed by atoms with Crippen LogP contribution in [0.1, 0.15) is 6.42 Å². The van der Waals surface area contributed by atoms with E-state index < -0.39 is 10.0 Å². The van der Waals surface area contributed by atoms with Gasteiger partial charge in [0.2, 0.25) is 10.0 Å². The lowest BCUT2D eigenvalue weighted by atomic mass is 10.2. The van der Waals surface area contributed by atoms with Crippen LogP contribution in [0.4, 0.5) is 5.69 Å². The Morgan fingerprint density at radius 1 is 1.10 bits per heavy atom. The highest BCUT2D eigenvalue weighted by Crippen LogP contribution is 2.23. The largest absolute Gasteiger partial charge is 0.366 e. The first-order valence-corrected chi connectivity index (χ1v) is 11.5. The highest BCUT2D eigenvalue weighted by atomic mass is 35.5. The molecule has 2 aromatic rings. The van der Waals surface area contributed by atoms with E-state index in [9.17, 15) is 13.2 Å². The van der Waals surface area contributed by atoms with Crippen molar-refractivity contribution in [3.8, 4) is 5.69 Å². The summed E-state index contributed by atoms with van der Waals surface area (Å²) in [6.45, 7) is 3.69. The molecule has 0 saturated carbocycles. The molecule has 1 aromatic carbocycles. The molecule has 3 rings (SSSR count). The zero-order chi connectivity index (χ0) is 21.0. The molecule has 0 aliphatic carbocycles. The molecule has 1 saturated heterocycles. The number of hydrogen-bond donors (Lipinski definition) is 0. The third kappa shape index (κ3) is 5.16. The Hall–Kier alpha value is -1.94. The molecular weight excluding hydrogens is 414 g/mol. The molecule has 10 heteroatoms. The van der Waals surface area contributed by atoms with E-state index in [-0.39, 0.29) is 16.3 Å². The highest BCUT2D eigenvalue weighted by Gasteiger charge is 2.22. The van der Waals surface area contributed by atoms with Gasteiger partial charge in [-0.3, -0.25) is 9.69 Å². The first-order valence-electron chi connectivity index (χ1n) is 9.50. The van der Waals surface area contributed by atoms with Crippen molar-refractivity contribution in [3.05, 3.63) is 51.9 Å². The number of aromatic nitrogens is 2. The van der Waals surface area contributed by atoms with Crippen molar-refractivity contribution in [1.29, 1.82) is 0 Å². The highest BCUT2D eigenvalue weighted by molar-refractivity contribution is 7.89. The number of piperazine rings is 1. The van der Waals surface area contributed by atoms with E-state index in [1.54, 1.807) is 32.4 Å². The van der Waals surface area contributed by atoms with Crippen LogP contribution in [0.15, 0.2) is 41.3 Å². The number of benzene rings is 1. The second-order valence-corrected chi connectivity index (χ2v) is 9.86. The number of halogens is 1. The fraction of sp³-hybridized carbons (Fsp3) is 0.474. The third-order valence-corrected chi connectivity index (χ3v) is 7.32. The summed E-state index contributed by atoms with van der Waals surface area (Å²) in [7, 11) is -0.0505. The SMILES string of the molecule is CN(C)S(=O)(=O)CCCN1CCN(c2cnn(-c3ccccc3)c(=O)c2Cl)CC1. The Balaban J connectivity index is 1.60. The molecule has 0 N–H and O–H groups in total. The minimum atomic E-state index is -3.16. The predicted octanol–water partition coefficient (Wildman–Crippen LogP) is 1.29. The Bertz CT molecular complexity index is 987. The minimum Gasteiger partial charge on any atom is -0.366 e. The number of anilines is 1. The number of hydrogen-bond acceptors (Lipinski definition) is 6. The maximum Gasteiger partial charge on any atom is 0.292 e. The fourth-order valence-corrected chi connectivity index (χ4v) is 4.37. The molecule has 1 aliphatic rings. The molecule has 8 nitrogen and oxygen atoms in total. The van der Waals surface area contributed by atoms with Gasteiger partial charge in [0.05, 0.1) is 23.3 Å². The van der Waals surface area contributed by atoms with Gasteiger partial charge in [-0.05, 0) is 25.1 Å². The van der Waals surface area contributed by atoms with Crippen LogP contribution >= 0.6 is 11.6 Å². The van der Waals surface area contributed by atoms with Gasteiger partial charge in [0.25, 0.3) is 5.56 Å². The standard InChI is InChI=1S/C19H26ClN5O3S/c1-22(2)29(27,28)14-6-9-23-10-12-24(13-11-23)17-15-21-25(19(26)18(17)20)16-7-4-3-5-8-16/h3-5,7-8,15H,6,9-14H2,1-2H3. The molecule has 0 unspecified atom stereocenters. The second-order valence-electron chi connectivity index (χ2n) is 7.18. The molecule has 0 atom stereocenters. The average molecular weight is 440 g/mol. The summed E-state index contributed by atoms with van der Waals surface area (Å²) in [5.74, 6) is 0.147. The average Bonchev–Trinajstić information content (AvgIpc) is 2.71. The lowest BCUT2D eigenvalue weighted by Gasteiger charge is -2.36. The Kier molecular flexibility index (Phi) is 6.94. The Morgan fingerprint density at radius 3 is 2.38 bits per heavy atom. The summed E-state index contributed by atoms with van der Waals surface area (Å²) < 4.78 is 26.3. The third-order valence-electron chi connectivity index (χ3n) is 5.05. The minimum absolute atomic E-state index is 0.147. The Morgan fingerprint density at radius 2 is 1.76 bits per heavy atom. The summed E-state index contributed by atoms with van der Waals surface area (Å²) in [5.41, 5.74) is 0.966. The van der Waals surface area contributed by atoms with E-state index in [2.05, 4.69) is 14.9 Å². The second kappa shape index (κ2) is 9.25. The maximum absolute atomic E-state index is 12.7. The molecule has 29 heavy (non-hydrogen) atoms. The zero-order valence-corrected chi connectivity index (χ0v) is 18.2. The molecule has 2 heterocycles. The molecule has 0 radical (unpaired) electrons. The fourth-order valence-electron chi connectivity index (χ4n) is 3.26. The van der Waals surface area contributed by atoms with Gasteiger partial charge in [0.1, 0.15) is 5.02 Å². The van der Waals surface area contributed by atoms with E-state index in [1.165, 1.54) is 8.99 Å². The number of para-hydroxylation sites is 1. The normalized spacial score (nSPS) is 15.8. The van der Waals surface area contributed by atoms with Crippen molar-refractivity contribution in [2.75, 3.05) is 57.5 Å². The van der Waals surface area contributed by atoms with Crippen molar-refractivity contribution in [2.45, 2.75) is 6.42 Å². The molecule has 0 bridgehead atoms. The van der Waals surface area contributed by atoms with Gasteiger partial charge >= 0.3 is 0 Å². The van der Waals surface area contributed by atoms with Crippen molar-refractivity contribution in [1.82, 2.24) is 19.0 Å². The van der Waals surface area contributed by atoms with Crippen molar-refractivity contribution >= 4 is 27.3 Å². The van der Waals surface area contributed by atoms with Crippen molar-refractivity contribution in [3.63, 3.8) is 0 Å². The van der Waals surface area contributed by atoms with Crippen LogP contribution in [0.5, 0.6) is 0 Å². The van der Waals surface area contributed by atoms with Crippen LogP contribution in [0.25, 0.3) is 5.69 Å². The van der Waals surface area contributed by atoms with Crippen molar-refractivity contribution in [2.24, 2.45) is 0 Å². The number of rotatable bonds is 7. The molecule has 1 aromatic heterocycles. The maximum atomic E-state index is 12.7. The van der Waals surface area contributed by atoms with Gasteiger partial charge < -0.3 is 4.90 Å². The van der Waals surface area contributed by atoms with E-state index in [0.29, 0.717) is 30.9 Å². The van der Waals surface area contributed by atoms with E-state index in [1.807, 2.05) is 18.2 Å². The summed E-state index contributed by atoms with van der Waals surface area (Å²) in [6, 6.07) is 9.17. The van der Waals surface area contributed by atoms with E-state index >= 15 is 0 Å². The molecule has 0 spiro atoms. The van der Waals surface area contributed by atoms with E-state index in [4.69, 9.17) is 11.6 Å². The Labute approximate surface area is 176 Å². The molecule has 0 amide bonds. The smallest absolute Gasteiger partial charge is 0.292 e. The molecule has 1 fully saturated rings. The van der Waals surface area contributed by atoms with Gasteiger partial charge in [0.15, 0.2) is 0 Å². The summed E-state index contributed by atoms with van der Waals surface area (Å²) in [6.07, 6.45) is 2.23. The van der Waals surface area contributed by atoms with Crippen LogP contribution in [-0.2, 0) is 10.0 Å². The number of nitrogens with zero attached hydrogens (tertiary/aromatic N) is 5. The van der Waals surface area contributed by atoms with Crippen LogP contribution in [0.2, 0.25) is 5.02 Å². The van der Waals surface area contributed by atoms with Gasteiger partial charge in [-0.1, -0.05) is 29.8 Å². The summed E-state index contributed by atoms with van der Waals surface area (Å²) in [5, 5.41) is 4.45. The first-order chi connectivity index (χ1) is 13.8.